The number of anilines is 3. The molecule has 0 unspecified atom stereocenters. The monoisotopic (exact) mass is 481 g/mol. The molecule has 178 valence electrons. The summed E-state index contributed by atoms with van der Waals surface area (Å²) in [5, 5.41) is 2.79. The SMILES string of the molecule is Cc1ccc(N(CC(=O)Nc2ccc(N3CCCCC3)cc2)S(=O)(=O)c2ccc(F)cc2)cc1. The number of nitrogens with one attached hydrogen (secondary N) is 1. The first-order valence-corrected chi connectivity index (χ1v) is 12.8. The van der Waals surface area contributed by atoms with Gasteiger partial charge in [-0.1, -0.05) is 17.7 Å². The number of benzene rings is 3. The Morgan fingerprint density at radius 1 is 0.912 bits per heavy atom. The molecule has 1 aliphatic rings. The van der Waals surface area contributed by atoms with E-state index in [0.29, 0.717) is 11.4 Å². The van der Waals surface area contributed by atoms with E-state index < -0.39 is 28.3 Å². The van der Waals surface area contributed by atoms with E-state index in [-0.39, 0.29) is 4.90 Å². The summed E-state index contributed by atoms with van der Waals surface area (Å²) in [4.78, 5) is 15.1. The maximum Gasteiger partial charge on any atom is 0.264 e. The Morgan fingerprint density at radius 3 is 2.15 bits per heavy atom. The van der Waals surface area contributed by atoms with Gasteiger partial charge in [0.2, 0.25) is 5.91 Å². The maximum absolute atomic E-state index is 13.4. The third kappa shape index (κ3) is 5.56. The summed E-state index contributed by atoms with van der Waals surface area (Å²) < 4.78 is 41.1. The molecule has 1 saturated heterocycles. The molecule has 0 spiro atoms. The van der Waals surface area contributed by atoms with Crippen molar-refractivity contribution in [3.05, 3.63) is 84.2 Å². The van der Waals surface area contributed by atoms with Crippen molar-refractivity contribution >= 4 is 33.0 Å². The average Bonchev–Trinajstić information content (AvgIpc) is 2.84. The lowest BCUT2D eigenvalue weighted by molar-refractivity contribution is -0.114. The molecule has 0 atom stereocenters. The van der Waals surface area contributed by atoms with Gasteiger partial charge in [0.05, 0.1) is 10.6 Å². The molecule has 8 heteroatoms. The molecule has 1 aliphatic heterocycles. The summed E-state index contributed by atoms with van der Waals surface area (Å²) >= 11 is 0. The Bertz CT molecular complexity index is 1220. The predicted molar refractivity (Wildman–Crippen MR) is 133 cm³/mol. The highest BCUT2D eigenvalue weighted by molar-refractivity contribution is 7.92. The second kappa shape index (κ2) is 10.3. The van der Waals surface area contributed by atoms with Gasteiger partial charge in [-0.15, -0.1) is 0 Å². The van der Waals surface area contributed by atoms with Crippen molar-refractivity contribution in [2.45, 2.75) is 31.1 Å². The molecular formula is C26H28FN3O3S. The fourth-order valence-corrected chi connectivity index (χ4v) is 5.42. The van der Waals surface area contributed by atoms with Gasteiger partial charge in [-0.3, -0.25) is 9.10 Å². The minimum atomic E-state index is -4.09. The Hall–Kier alpha value is -3.39. The predicted octanol–water partition coefficient (Wildman–Crippen LogP) is 4.96. The van der Waals surface area contributed by atoms with Crippen molar-refractivity contribution in [3.8, 4) is 0 Å². The lowest BCUT2D eigenvalue weighted by atomic mass is 10.1. The van der Waals surface area contributed by atoms with Crippen LogP contribution in [0.3, 0.4) is 0 Å². The summed E-state index contributed by atoms with van der Waals surface area (Å²) in [6.07, 6.45) is 3.61. The number of piperidine rings is 1. The highest BCUT2D eigenvalue weighted by Gasteiger charge is 2.27. The zero-order valence-electron chi connectivity index (χ0n) is 19.1. The fourth-order valence-electron chi connectivity index (χ4n) is 4.00. The highest BCUT2D eigenvalue weighted by atomic mass is 32.2. The van der Waals surface area contributed by atoms with Gasteiger partial charge < -0.3 is 10.2 Å². The van der Waals surface area contributed by atoms with Crippen LogP contribution in [0.4, 0.5) is 21.5 Å². The number of rotatable bonds is 7. The van der Waals surface area contributed by atoms with E-state index in [0.717, 1.165) is 40.8 Å². The second-order valence-corrected chi connectivity index (χ2v) is 10.3. The number of hydrogen-bond donors (Lipinski definition) is 1. The van der Waals surface area contributed by atoms with Crippen molar-refractivity contribution in [2.75, 3.05) is 34.2 Å². The van der Waals surface area contributed by atoms with Crippen molar-refractivity contribution in [1.82, 2.24) is 0 Å². The normalized spacial score (nSPS) is 14.0. The standard InChI is InChI=1S/C26H28FN3O3S/c1-20-5-11-24(12-6-20)30(34(32,33)25-15-7-21(27)8-16-25)19-26(31)28-22-9-13-23(14-10-22)29-17-3-2-4-18-29/h5-16H,2-4,17-19H2,1H3,(H,28,31). The molecule has 4 rings (SSSR count). The first-order valence-electron chi connectivity index (χ1n) is 11.3. The quantitative estimate of drug-likeness (QED) is 0.518. The van der Waals surface area contributed by atoms with Gasteiger partial charge in [0, 0.05) is 24.5 Å². The van der Waals surface area contributed by atoms with Gasteiger partial charge in [-0.05, 0) is 86.8 Å². The van der Waals surface area contributed by atoms with Crippen molar-refractivity contribution in [1.29, 1.82) is 0 Å². The summed E-state index contributed by atoms with van der Waals surface area (Å²) in [6.45, 7) is 3.52. The highest BCUT2D eigenvalue weighted by Crippen LogP contribution is 2.25. The van der Waals surface area contributed by atoms with Crippen LogP contribution in [-0.2, 0) is 14.8 Å². The van der Waals surface area contributed by atoms with Crippen LogP contribution >= 0.6 is 0 Å². The zero-order valence-corrected chi connectivity index (χ0v) is 19.9. The van der Waals surface area contributed by atoms with Gasteiger partial charge in [-0.2, -0.15) is 0 Å². The number of hydrogen-bond acceptors (Lipinski definition) is 4. The van der Waals surface area contributed by atoms with Crippen molar-refractivity contribution < 1.29 is 17.6 Å². The number of amides is 1. The van der Waals surface area contributed by atoms with Gasteiger partial charge in [-0.25, -0.2) is 12.8 Å². The molecule has 0 aliphatic carbocycles. The van der Waals surface area contributed by atoms with Crippen LogP contribution in [0.15, 0.2) is 77.7 Å². The Balaban J connectivity index is 1.53. The van der Waals surface area contributed by atoms with E-state index >= 15 is 0 Å². The molecule has 0 bridgehead atoms. The smallest absolute Gasteiger partial charge is 0.264 e. The lowest BCUT2D eigenvalue weighted by Gasteiger charge is -2.29. The molecule has 0 aromatic heterocycles. The first-order chi connectivity index (χ1) is 16.3. The van der Waals surface area contributed by atoms with Crippen LogP contribution < -0.4 is 14.5 Å². The Labute approximate surface area is 200 Å². The van der Waals surface area contributed by atoms with Gasteiger partial charge in [0.1, 0.15) is 12.4 Å². The van der Waals surface area contributed by atoms with Crippen LogP contribution in [-0.4, -0.2) is 34.0 Å². The molecule has 6 nitrogen and oxygen atoms in total. The molecule has 0 radical (unpaired) electrons. The first kappa shape index (κ1) is 23.8. The summed E-state index contributed by atoms with van der Waals surface area (Å²) in [5.74, 6) is -1.01. The summed E-state index contributed by atoms with van der Waals surface area (Å²) in [7, 11) is -4.09. The molecule has 1 heterocycles. The Kier molecular flexibility index (Phi) is 7.17. The topological polar surface area (TPSA) is 69.7 Å². The van der Waals surface area contributed by atoms with E-state index in [1.54, 1.807) is 24.3 Å². The number of aryl methyl sites for hydroxylation is 1. The third-order valence-electron chi connectivity index (χ3n) is 5.88. The number of halogens is 1. The number of carbonyl (C=O) groups is 1. The number of sulfonamides is 1. The van der Waals surface area contributed by atoms with Crippen molar-refractivity contribution in [2.24, 2.45) is 0 Å². The number of nitrogens with zero attached hydrogens (tertiary/aromatic N) is 2. The lowest BCUT2D eigenvalue weighted by Crippen LogP contribution is -2.38. The van der Waals surface area contributed by atoms with Crippen molar-refractivity contribution in [3.63, 3.8) is 0 Å². The van der Waals surface area contributed by atoms with E-state index in [1.165, 1.54) is 31.4 Å². The van der Waals surface area contributed by atoms with Gasteiger partial charge in [0.25, 0.3) is 10.0 Å². The van der Waals surface area contributed by atoms with Gasteiger partial charge in [0.15, 0.2) is 0 Å². The Morgan fingerprint density at radius 2 is 1.53 bits per heavy atom. The largest absolute Gasteiger partial charge is 0.372 e. The van der Waals surface area contributed by atoms with Gasteiger partial charge >= 0.3 is 0 Å². The average molecular weight is 482 g/mol. The van der Waals surface area contributed by atoms with E-state index in [4.69, 9.17) is 0 Å². The molecule has 3 aromatic rings. The summed E-state index contributed by atoms with van der Waals surface area (Å²) in [6, 6.07) is 19.0. The fraction of sp³-hybridized carbons (Fsp3) is 0.269. The minimum absolute atomic E-state index is 0.0897. The van der Waals surface area contributed by atoms with Crippen LogP contribution in [0.1, 0.15) is 24.8 Å². The molecule has 1 N–H and O–H groups in total. The molecule has 3 aromatic carbocycles. The molecule has 1 amide bonds. The molecule has 0 saturated carbocycles. The van der Waals surface area contributed by atoms with Crippen LogP contribution in [0, 0.1) is 12.7 Å². The molecule has 34 heavy (non-hydrogen) atoms. The summed E-state index contributed by atoms with van der Waals surface area (Å²) in [5.41, 5.74) is 3.01. The third-order valence-corrected chi connectivity index (χ3v) is 7.67. The maximum atomic E-state index is 13.4. The zero-order chi connectivity index (χ0) is 24.1. The minimum Gasteiger partial charge on any atom is -0.372 e. The molecular weight excluding hydrogens is 453 g/mol. The van der Waals surface area contributed by atoms with E-state index in [9.17, 15) is 17.6 Å². The number of carbonyl (C=O) groups excluding carboxylic acids is 1. The second-order valence-electron chi connectivity index (χ2n) is 8.44. The molecule has 1 fully saturated rings. The van der Waals surface area contributed by atoms with Crippen LogP contribution in [0.5, 0.6) is 0 Å². The van der Waals surface area contributed by atoms with Crippen LogP contribution in [0.2, 0.25) is 0 Å². The van der Waals surface area contributed by atoms with E-state index in [2.05, 4.69) is 10.2 Å². The van der Waals surface area contributed by atoms with Crippen LogP contribution in [0.25, 0.3) is 0 Å². The van der Waals surface area contributed by atoms with E-state index in [1.807, 2.05) is 31.2 Å².